The Morgan fingerprint density at radius 1 is 1.24 bits per heavy atom. The number of hydrogen-bond donors (Lipinski definition) is 0. The maximum absolute atomic E-state index is 11.7. The smallest absolute Gasteiger partial charge is 0.156 e. The van der Waals surface area contributed by atoms with Gasteiger partial charge in [-0.1, -0.05) is 35.9 Å². The first kappa shape index (κ1) is 11.8. The molecule has 2 rings (SSSR count). The van der Waals surface area contributed by atoms with E-state index in [1.165, 1.54) is 0 Å². The van der Waals surface area contributed by atoms with Crippen LogP contribution in [0.25, 0.3) is 0 Å². The highest BCUT2D eigenvalue weighted by molar-refractivity contribution is 5.96. The number of Topliss-reactive ketones (excluding diaryl/α,β-unsaturated/α-hetero) is 1. The van der Waals surface area contributed by atoms with E-state index >= 15 is 0 Å². The SMILES string of the molecule is CC(=O)C1C(C)=CC(=O)CC1c1ccccc1. The van der Waals surface area contributed by atoms with Crippen LogP contribution in [0.15, 0.2) is 42.0 Å². The van der Waals surface area contributed by atoms with Crippen LogP contribution in [-0.2, 0) is 9.59 Å². The highest BCUT2D eigenvalue weighted by atomic mass is 16.1. The molecule has 0 N–H and O–H groups in total. The first-order chi connectivity index (χ1) is 8.09. The van der Waals surface area contributed by atoms with Gasteiger partial charge in [0.25, 0.3) is 0 Å². The average Bonchev–Trinajstić information content (AvgIpc) is 2.28. The molecule has 0 heterocycles. The second-order valence-corrected chi connectivity index (χ2v) is 4.66. The number of carbonyl (C=O) groups excluding carboxylic acids is 2. The van der Waals surface area contributed by atoms with Crippen molar-refractivity contribution in [3.8, 4) is 0 Å². The van der Waals surface area contributed by atoms with Gasteiger partial charge in [-0.2, -0.15) is 0 Å². The molecule has 2 heteroatoms. The standard InChI is InChI=1S/C15H16O2/c1-10-8-13(17)9-14(15(10)11(2)16)12-6-4-3-5-7-12/h3-8,14-15H,9H2,1-2H3. The van der Waals surface area contributed by atoms with Crippen molar-refractivity contribution < 1.29 is 9.59 Å². The number of carbonyl (C=O) groups is 2. The zero-order valence-electron chi connectivity index (χ0n) is 10.1. The molecule has 17 heavy (non-hydrogen) atoms. The average molecular weight is 228 g/mol. The molecule has 2 nitrogen and oxygen atoms in total. The Balaban J connectivity index is 2.42. The summed E-state index contributed by atoms with van der Waals surface area (Å²) < 4.78 is 0. The van der Waals surface area contributed by atoms with Crippen molar-refractivity contribution in [3.63, 3.8) is 0 Å². The Labute approximate surface area is 101 Å². The van der Waals surface area contributed by atoms with Crippen molar-refractivity contribution >= 4 is 11.6 Å². The number of ketones is 2. The molecule has 2 unspecified atom stereocenters. The summed E-state index contributed by atoms with van der Waals surface area (Å²) in [6.45, 7) is 3.48. The van der Waals surface area contributed by atoms with E-state index in [-0.39, 0.29) is 23.4 Å². The van der Waals surface area contributed by atoms with Crippen molar-refractivity contribution in [1.82, 2.24) is 0 Å². The Morgan fingerprint density at radius 2 is 1.88 bits per heavy atom. The van der Waals surface area contributed by atoms with E-state index in [9.17, 15) is 9.59 Å². The van der Waals surface area contributed by atoms with Crippen molar-refractivity contribution in [2.24, 2.45) is 5.92 Å². The molecule has 0 fully saturated rings. The molecule has 0 aromatic heterocycles. The van der Waals surface area contributed by atoms with Crippen LogP contribution in [0.4, 0.5) is 0 Å². The maximum atomic E-state index is 11.7. The van der Waals surface area contributed by atoms with Gasteiger partial charge < -0.3 is 0 Å². The maximum Gasteiger partial charge on any atom is 0.156 e. The van der Waals surface area contributed by atoms with E-state index in [0.29, 0.717) is 6.42 Å². The minimum Gasteiger partial charge on any atom is -0.299 e. The molecule has 0 aliphatic heterocycles. The molecule has 1 aromatic carbocycles. The predicted molar refractivity (Wildman–Crippen MR) is 66.7 cm³/mol. The topological polar surface area (TPSA) is 34.1 Å². The van der Waals surface area contributed by atoms with Gasteiger partial charge >= 0.3 is 0 Å². The monoisotopic (exact) mass is 228 g/mol. The van der Waals surface area contributed by atoms with E-state index in [1.54, 1.807) is 13.0 Å². The summed E-state index contributed by atoms with van der Waals surface area (Å²) in [7, 11) is 0. The van der Waals surface area contributed by atoms with Gasteiger partial charge in [-0.3, -0.25) is 9.59 Å². The Morgan fingerprint density at radius 3 is 2.47 bits per heavy atom. The molecule has 1 aliphatic carbocycles. The summed E-state index contributed by atoms with van der Waals surface area (Å²) in [6, 6.07) is 9.83. The van der Waals surface area contributed by atoms with Crippen LogP contribution in [-0.4, -0.2) is 11.6 Å². The first-order valence-electron chi connectivity index (χ1n) is 5.86. The lowest BCUT2D eigenvalue weighted by molar-refractivity contribution is -0.121. The summed E-state index contributed by atoms with van der Waals surface area (Å²) in [5.74, 6) is 0.121. The first-order valence-corrected chi connectivity index (χ1v) is 5.86. The molecule has 1 aliphatic rings. The third-order valence-electron chi connectivity index (χ3n) is 3.37. The molecule has 2 atom stereocenters. The molecule has 88 valence electrons. The van der Waals surface area contributed by atoms with Crippen LogP contribution in [0.2, 0.25) is 0 Å². The van der Waals surface area contributed by atoms with Gasteiger partial charge in [-0.25, -0.2) is 0 Å². The fraction of sp³-hybridized carbons (Fsp3) is 0.333. The van der Waals surface area contributed by atoms with Gasteiger partial charge in [0.1, 0.15) is 5.78 Å². The van der Waals surface area contributed by atoms with Crippen molar-refractivity contribution in [3.05, 3.63) is 47.5 Å². The van der Waals surface area contributed by atoms with Gasteiger partial charge in [-0.05, 0) is 25.5 Å². The summed E-state index contributed by atoms with van der Waals surface area (Å²) in [4.78, 5) is 23.4. The van der Waals surface area contributed by atoms with Crippen LogP contribution in [0, 0.1) is 5.92 Å². The molecule has 0 amide bonds. The van der Waals surface area contributed by atoms with Crippen LogP contribution < -0.4 is 0 Å². The summed E-state index contributed by atoms with van der Waals surface area (Å²) in [6.07, 6.45) is 2.05. The van der Waals surface area contributed by atoms with E-state index in [4.69, 9.17) is 0 Å². The van der Waals surface area contributed by atoms with Gasteiger partial charge in [0.05, 0.1) is 0 Å². The van der Waals surface area contributed by atoms with E-state index < -0.39 is 0 Å². The lowest BCUT2D eigenvalue weighted by atomic mass is 9.73. The normalized spacial score (nSPS) is 24.4. The third-order valence-corrected chi connectivity index (χ3v) is 3.37. The number of allylic oxidation sites excluding steroid dienone is 2. The van der Waals surface area contributed by atoms with E-state index in [1.807, 2.05) is 37.3 Å². The highest BCUT2D eigenvalue weighted by Gasteiger charge is 2.33. The van der Waals surface area contributed by atoms with Gasteiger partial charge in [0, 0.05) is 18.3 Å². The minimum absolute atomic E-state index is 0.00574. The molecule has 0 bridgehead atoms. The highest BCUT2D eigenvalue weighted by Crippen LogP contribution is 2.37. The van der Waals surface area contributed by atoms with Crippen LogP contribution >= 0.6 is 0 Å². The Kier molecular flexibility index (Phi) is 3.23. The second-order valence-electron chi connectivity index (χ2n) is 4.66. The van der Waals surface area contributed by atoms with Crippen molar-refractivity contribution in [1.29, 1.82) is 0 Å². The number of benzene rings is 1. The third kappa shape index (κ3) is 2.36. The van der Waals surface area contributed by atoms with Crippen LogP contribution in [0.1, 0.15) is 31.7 Å². The molecule has 0 spiro atoms. The fourth-order valence-corrected chi connectivity index (χ4v) is 2.67. The molecule has 0 saturated carbocycles. The summed E-state index contributed by atoms with van der Waals surface area (Å²) in [5, 5.41) is 0. The summed E-state index contributed by atoms with van der Waals surface area (Å²) >= 11 is 0. The zero-order valence-corrected chi connectivity index (χ0v) is 10.1. The molecule has 1 aromatic rings. The zero-order chi connectivity index (χ0) is 12.4. The quantitative estimate of drug-likeness (QED) is 0.780. The second kappa shape index (κ2) is 4.66. The Bertz CT molecular complexity index is 471. The van der Waals surface area contributed by atoms with Crippen molar-refractivity contribution in [2.45, 2.75) is 26.2 Å². The lowest BCUT2D eigenvalue weighted by Gasteiger charge is -2.29. The fourth-order valence-electron chi connectivity index (χ4n) is 2.67. The largest absolute Gasteiger partial charge is 0.299 e. The minimum atomic E-state index is -0.143. The van der Waals surface area contributed by atoms with Crippen LogP contribution in [0.3, 0.4) is 0 Å². The number of hydrogen-bond acceptors (Lipinski definition) is 2. The molecular formula is C15H16O2. The van der Waals surface area contributed by atoms with Gasteiger partial charge in [-0.15, -0.1) is 0 Å². The van der Waals surface area contributed by atoms with E-state index in [2.05, 4.69) is 0 Å². The molecule has 0 radical (unpaired) electrons. The predicted octanol–water partition coefficient (Wildman–Crippen LogP) is 2.89. The van der Waals surface area contributed by atoms with E-state index in [0.717, 1.165) is 11.1 Å². The number of rotatable bonds is 2. The van der Waals surface area contributed by atoms with Gasteiger partial charge in [0.15, 0.2) is 5.78 Å². The Hall–Kier alpha value is -1.70. The van der Waals surface area contributed by atoms with Crippen LogP contribution in [0.5, 0.6) is 0 Å². The molecular weight excluding hydrogens is 212 g/mol. The summed E-state index contributed by atoms with van der Waals surface area (Å²) in [5.41, 5.74) is 1.97. The van der Waals surface area contributed by atoms with Gasteiger partial charge in [0.2, 0.25) is 0 Å². The molecule has 0 saturated heterocycles. The van der Waals surface area contributed by atoms with Crippen molar-refractivity contribution in [2.75, 3.05) is 0 Å². The lowest BCUT2D eigenvalue weighted by Crippen LogP contribution is -2.27.